The number of rotatable bonds is 3. The average Bonchev–Trinajstić information content (AvgIpc) is 2.99. The lowest BCUT2D eigenvalue weighted by Crippen LogP contribution is -2.53. The lowest BCUT2D eigenvalue weighted by Gasteiger charge is -2.37. The number of carbonyl (C=O) groups excluding carboxylic acids is 2. The second-order valence-electron chi connectivity index (χ2n) is 6.53. The third-order valence-corrected chi connectivity index (χ3v) is 6.54. The van der Waals surface area contributed by atoms with Crippen LogP contribution in [0.15, 0.2) is 24.3 Å². The number of ether oxygens (including phenoxy) is 1. The highest BCUT2D eigenvalue weighted by Crippen LogP contribution is 2.22. The Balaban J connectivity index is 1.58. The van der Waals surface area contributed by atoms with Crippen LogP contribution in [0.25, 0.3) is 0 Å². The Hall–Kier alpha value is -2.29. The summed E-state index contributed by atoms with van der Waals surface area (Å²) < 4.78 is 27.8. The van der Waals surface area contributed by atoms with Crippen molar-refractivity contribution in [1.29, 1.82) is 0 Å². The molecular weight excluding hydrogens is 358 g/mol. The number of hydrogen-bond acceptors (Lipinski definition) is 6. The van der Waals surface area contributed by atoms with E-state index in [0.29, 0.717) is 38.2 Å². The van der Waals surface area contributed by atoms with E-state index in [0.717, 1.165) is 5.69 Å². The molecule has 3 rings (SSSR count). The molecule has 0 radical (unpaired) electrons. The number of amides is 2. The first kappa shape index (κ1) is 18.5. The van der Waals surface area contributed by atoms with Gasteiger partial charge in [-0.1, -0.05) is 12.1 Å². The molecule has 0 aromatic heterocycles. The number of carbonyl (C=O) groups is 2. The summed E-state index contributed by atoms with van der Waals surface area (Å²) in [6, 6.07) is 6.71. The van der Waals surface area contributed by atoms with Crippen LogP contribution in [-0.2, 0) is 14.6 Å². The number of methoxy groups -OCH3 is 1. The molecule has 0 aliphatic carbocycles. The summed E-state index contributed by atoms with van der Waals surface area (Å²) >= 11 is 0. The Kier molecular flexibility index (Phi) is 5.36. The number of piperazine rings is 1. The van der Waals surface area contributed by atoms with Gasteiger partial charge < -0.3 is 19.9 Å². The van der Waals surface area contributed by atoms with Gasteiger partial charge in [0.15, 0.2) is 9.84 Å². The fraction of sp³-hybridized carbons (Fsp3) is 0.529. The summed E-state index contributed by atoms with van der Waals surface area (Å²) in [7, 11) is -1.67. The maximum absolute atomic E-state index is 12.4. The van der Waals surface area contributed by atoms with Gasteiger partial charge in [-0.15, -0.1) is 0 Å². The third kappa shape index (κ3) is 4.09. The summed E-state index contributed by atoms with van der Waals surface area (Å²) in [6.07, 6.45) is 0.473. The van der Waals surface area contributed by atoms with E-state index < -0.39 is 9.84 Å². The van der Waals surface area contributed by atoms with Gasteiger partial charge in [-0.2, -0.15) is 0 Å². The van der Waals surface area contributed by atoms with Crippen LogP contribution >= 0.6 is 0 Å². The first-order chi connectivity index (χ1) is 12.4. The number of esters is 1. The number of nitrogens with one attached hydrogen (secondary N) is 1. The van der Waals surface area contributed by atoms with Gasteiger partial charge in [-0.25, -0.2) is 18.0 Å². The van der Waals surface area contributed by atoms with Crippen LogP contribution in [0.4, 0.5) is 10.5 Å². The predicted molar refractivity (Wildman–Crippen MR) is 97.2 cm³/mol. The van der Waals surface area contributed by atoms with Gasteiger partial charge in [-0.05, 0) is 18.6 Å². The number of benzene rings is 1. The molecule has 2 saturated heterocycles. The normalized spacial score (nSPS) is 22.1. The van der Waals surface area contributed by atoms with Crippen LogP contribution in [0.3, 0.4) is 0 Å². The summed E-state index contributed by atoms with van der Waals surface area (Å²) in [6.45, 7) is 2.18. The smallest absolute Gasteiger partial charge is 0.339 e. The zero-order valence-corrected chi connectivity index (χ0v) is 15.5. The maximum atomic E-state index is 12.4. The van der Waals surface area contributed by atoms with E-state index in [2.05, 4.69) is 10.2 Å². The Bertz CT molecular complexity index is 787. The molecule has 9 heteroatoms. The summed E-state index contributed by atoms with van der Waals surface area (Å²) in [5.74, 6) is -0.232. The monoisotopic (exact) mass is 381 g/mol. The molecule has 26 heavy (non-hydrogen) atoms. The lowest BCUT2D eigenvalue weighted by molar-refractivity contribution is 0.0601. The fourth-order valence-electron chi connectivity index (χ4n) is 3.36. The van der Waals surface area contributed by atoms with Gasteiger partial charge in [0.05, 0.1) is 29.9 Å². The number of urea groups is 1. The Morgan fingerprint density at radius 1 is 1.15 bits per heavy atom. The fourth-order valence-corrected chi connectivity index (χ4v) is 5.03. The molecule has 0 bridgehead atoms. The molecule has 8 nitrogen and oxygen atoms in total. The van der Waals surface area contributed by atoms with Gasteiger partial charge in [0.2, 0.25) is 0 Å². The van der Waals surface area contributed by atoms with E-state index in [4.69, 9.17) is 4.74 Å². The van der Waals surface area contributed by atoms with Gasteiger partial charge >= 0.3 is 12.0 Å². The standard InChI is InChI=1S/C17H23N3O5S/c1-25-16(21)14-4-2-3-5-15(14)19-7-9-20(10-8-19)17(22)18-13-6-11-26(23,24)12-13/h2-5,13H,6-12H2,1H3,(H,18,22). The molecule has 2 amide bonds. The Labute approximate surface area is 153 Å². The van der Waals surface area contributed by atoms with Crippen molar-refractivity contribution < 1.29 is 22.7 Å². The van der Waals surface area contributed by atoms with E-state index in [-0.39, 0.29) is 29.5 Å². The molecule has 142 valence electrons. The van der Waals surface area contributed by atoms with Crippen molar-refractivity contribution >= 4 is 27.5 Å². The number of anilines is 1. The molecule has 0 saturated carbocycles. The van der Waals surface area contributed by atoms with E-state index in [1.54, 1.807) is 17.0 Å². The van der Waals surface area contributed by atoms with E-state index in [9.17, 15) is 18.0 Å². The molecule has 1 unspecified atom stereocenters. The van der Waals surface area contributed by atoms with Crippen molar-refractivity contribution in [2.45, 2.75) is 12.5 Å². The predicted octanol–water partition coefficient (Wildman–Crippen LogP) is 0.492. The minimum absolute atomic E-state index is 0.0191. The Morgan fingerprint density at radius 3 is 2.46 bits per heavy atom. The molecule has 2 heterocycles. The lowest BCUT2D eigenvalue weighted by atomic mass is 10.1. The highest BCUT2D eigenvalue weighted by molar-refractivity contribution is 7.91. The van der Waals surface area contributed by atoms with Gasteiger partial charge in [0, 0.05) is 32.2 Å². The number of sulfone groups is 1. The zero-order chi connectivity index (χ0) is 18.7. The van der Waals surface area contributed by atoms with Crippen molar-refractivity contribution in [3.63, 3.8) is 0 Å². The van der Waals surface area contributed by atoms with Crippen molar-refractivity contribution in [3.8, 4) is 0 Å². The van der Waals surface area contributed by atoms with E-state index >= 15 is 0 Å². The molecule has 2 fully saturated rings. The first-order valence-electron chi connectivity index (χ1n) is 8.58. The Morgan fingerprint density at radius 2 is 1.85 bits per heavy atom. The van der Waals surface area contributed by atoms with Crippen LogP contribution in [-0.4, -0.2) is 76.2 Å². The maximum Gasteiger partial charge on any atom is 0.339 e. The number of para-hydroxylation sites is 1. The molecule has 1 aromatic rings. The van der Waals surface area contributed by atoms with Crippen molar-refractivity contribution in [3.05, 3.63) is 29.8 Å². The van der Waals surface area contributed by atoms with E-state index in [1.807, 2.05) is 12.1 Å². The molecule has 0 spiro atoms. The summed E-state index contributed by atoms with van der Waals surface area (Å²) in [4.78, 5) is 28.0. The van der Waals surface area contributed by atoms with Crippen LogP contribution in [0.5, 0.6) is 0 Å². The van der Waals surface area contributed by atoms with Gasteiger partial charge in [0.25, 0.3) is 0 Å². The molecule has 2 aliphatic rings. The molecular formula is C17H23N3O5S. The minimum Gasteiger partial charge on any atom is -0.465 e. The van der Waals surface area contributed by atoms with E-state index in [1.165, 1.54) is 7.11 Å². The van der Waals surface area contributed by atoms with Crippen LogP contribution in [0, 0.1) is 0 Å². The van der Waals surface area contributed by atoms with Crippen LogP contribution < -0.4 is 10.2 Å². The summed E-state index contributed by atoms with van der Waals surface area (Å²) in [5.41, 5.74) is 1.30. The number of hydrogen-bond donors (Lipinski definition) is 1. The summed E-state index contributed by atoms with van der Waals surface area (Å²) in [5, 5.41) is 2.81. The quantitative estimate of drug-likeness (QED) is 0.766. The highest BCUT2D eigenvalue weighted by atomic mass is 32.2. The van der Waals surface area contributed by atoms with Gasteiger partial charge in [0.1, 0.15) is 0 Å². The number of nitrogens with zero attached hydrogens (tertiary/aromatic N) is 2. The topological polar surface area (TPSA) is 96.0 Å². The second-order valence-corrected chi connectivity index (χ2v) is 8.76. The van der Waals surface area contributed by atoms with Gasteiger partial charge in [-0.3, -0.25) is 0 Å². The van der Waals surface area contributed by atoms with Crippen molar-refractivity contribution in [2.24, 2.45) is 0 Å². The highest BCUT2D eigenvalue weighted by Gasteiger charge is 2.31. The average molecular weight is 381 g/mol. The SMILES string of the molecule is COC(=O)c1ccccc1N1CCN(C(=O)NC2CCS(=O)(=O)C2)CC1. The molecule has 2 aliphatic heterocycles. The first-order valence-corrected chi connectivity index (χ1v) is 10.4. The largest absolute Gasteiger partial charge is 0.465 e. The molecule has 1 atom stereocenters. The third-order valence-electron chi connectivity index (χ3n) is 4.78. The zero-order valence-electron chi connectivity index (χ0n) is 14.7. The van der Waals surface area contributed by atoms with Crippen LogP contribution in [0.1, 0.15) is 16.8 Å². The molecule has 1 N–H and O–H groups in total. The van der Waals surface area contributed by atoms with Crippen molar-refractivity contribution in [1.82, 2.24) is 10.2 Å². The minimum atomic E-state index is -3.02. The molecule has 1 aromatic carbocycles. The van der Waals surface area contributed by atoms with Crippen molar-refractivity contribution in [2.75, 3.05) is 49.7 Å². The van der Waals surface area contributed by atoms with Crippen LogP contribution in [0.2, 0.25) is 0 Å². The second kappa shape index (κ2) is 7.53.